The van der Waals surface area contributed by atoms with E-state index in [9.17, 15) is 4.79 Å². The van der Waals surface area contributed by atoms with E-state index in [4.69, 9.17) is 4.74 Å². The number of nitrogens with one attached hydrogen (secondary N) is 1. The van der Waals surface area contributed by atoms with Gasteiger partial charge in [0.25, 0.3) is 5.91 Å². The molecule has 0 atom stereocenters. The second-order valence-corrected chi connectivity index (χ2v) is 5.82. The minimum absolute atomic E-state index is 0.0786. The number of thiophene rings is 1. The third-order valence-corrected chi connectivity index (χ3v) is 3.97. The average Bonchev–Trinajstić information content (AvgIpc) is 3.02. The van der Waals surface area contributed by atoms with Gasteiger partial charge in [-0.3, -0.25) is 4.79 Å². The molecule has 1 N–H and O–H groups in total. The second kappa shape index (κ2) is 8.47. The van der Waals surface area contributed by atoms with E-state index in [1.54, 1.807) is 0 Å². The molecule has 2 rings (SSSR count). The molecule has 0 unspecified atom stereocenters. The average molecular weight is 303 g/mol. The maximum atomic E-state index is 12.0. The molecule has 1 amide bonds. The van der Waals surface area contributed by atoms with E-state index in [0.29, 0.717) is 4.88 Å². The maximum absolute atomic E-state index is 12.0. The second-order valence-electron chi connectivity index (χ2n) is 4.87. The van der Waals surface area contributed by atoms with Crippen LogP contribution in [-0.4, -0.2) is 12.5 Å². The summed E-state index contributed by atoms with van der Waals surface area (Å²) < 4.78 is 5.72. The van der Waals surface area contributed by atoms with Crippen molar-refractivity contribution < 1.29 is 9.53 Å². The summed E-state index contributed by atoms with van der Waals surface area (Å²) in [6.45, 7) is 2.92. The minimum atomic E-state index is -0.0786. The van der Waals surface area contributed by atoms with Crippen LogP contribution in [0.5, 0.6) is 5.75 Å². The number of ether oxygens (including phenoxy) is 1. The number of carbonyl (C=O) groups is 1. The third kappa shape index (κ3) is 5.23. The quantitative estimate of drug-likeness (QED) is 0.700. The number of carbonyl (C=O) groups excluding carboxylic acids is 1. The van der Waals surface area contributed by atoms with Gasteiger partial charge in [-0.05, 0) is 30.0 Å². The lowest BCUT2D eigenvalue weighted by molar-refractivity contribution is 0.103. The lowest BCUT2D eigenvalue weighted by Crippen LogP contribution is -2.10. The van der Waals surface area contributed by atoms with Crippen molar-refractivity contribution >= 4 is 22.9 Å². The zero-order valence-corrected chi connectivity index (χ0v) is 13.1. The van der Waals surface area contributed by atoms with E-state index in [2.05, 4.69) is 12.2 Å². The van der Waals surface area contributed by atoms with Gasteiger partial charge in [-0.15, -0.1) is 11.3 Å². The number of hydrogen-bond donors (Lipinski definition) is 1. The molecule has 0 saturated heterocycles. The van der Waals surface area contributed by atoms with Crippen LogP contribution in [0.1, 0.15) is 42.3 Å². The summed E-state index contributed by atoms with van der Waals surface area (Å²) >= 11 is 1.43. The number of benzene rings is 1. The van der Waals surface area contributed by atoms with Crippen molar-refractivity contribution in [2.24, 2.45) is 0 Å². The molecule has 0 aliphatic heterocycles. The fraction of sp³-hybridized carbons (Fsp3) is 0.353. The highest BCUT2D eigenvalue weighted by Gasteiger charge is 2.07. The van der Waals surface area contributed by atoms with Crippen LogP contribution < -0.4 is 10.1 Å². The van der Waals surface area contributed by atoms with Crippen LogP contribution in [0.15, 0.2) is 41.8 Å². The highest BCUT2D eigenvalue weighted by atomic mass is 32.1. The molecular formula is C17H21NO2S. The predicted octanol–water partition coefficient (Wildman–Crippen LogP) is 4.96. The fourth-order valence-electron chi connectivity index (χ4n) is 1.98. The van der Waals surface area contributed by atoms with Crippen molar-refractivity contribution in [2.45, 2.75) is 32.6 Å². The van der Waals surface area contributed by atoms with E-state index in [1.807, 2.05) is 41.8 Å². The number of amides is 1. The van der Waals surface area contributed by atoms with E-state index in [1.165, 1.54) is 30.6 Å². The number of anilines is 1. The fourth-order valence-corrected chi connectivity index (χ4v) is 2.60. The Bertz CT molecular complexity index is 552. The van der Waals surface area contributed by atoms with Crippen molar-refractivity contribution in [3.05, 3.63) is 46.7 Å². The van der Waals surface area contributed by atoms with Crippen molar-refractivity contribution in [3.8, 4) is 5.75 Å². The standard InChI is InChI=1S/C17H21NO2S/c1-2-3-4-5-11-20-15-9-6-8-14(13-15)18-17(19)16-10-7-12-21-16/h6-10,12-13H,2-5,11H2,1H3,(H,18,19). The van der Waals surface area contributed by atoms with Gasteiger partial charge in [-0.1, -0.05) is 38.3 Å². The minimum Gasteiger partial charge on any atom is -0.494 e. The largest absolute Gasteiger partial charge is 0.494 e. The van der Waals surface area contributed by atoms with Gasteiger partial charge >= 0.3 is 0 Å². The van der Waals surface area contributed by atoms with Crippen molar-refractivity contribution in [2.75, 3.05) is 11.9 Å². The van der Waals surface area contributed by atoms with Gasteiger partial charge in [-0.25, -0.2) is 0 Å². The molecule has 0 bridgehead atoms. The molecule has 0 spiro atoms. The smallest absolute Gasteiger partial charge is 0.265 e. The topological polar surface area (TPSA) is 38.3 Å². The molecule has 1 aromatic heterocycles. The molecule has 4 heteroatoms. The highest BCUT2D eigenvalue weighted by molar-refractivity contribution is 7.12. The SMILES string of the molecule is CCCCCCOc1cccc(NC(=O)c2cccs2)c1. The summed E-state index contributed by atoms with van der Waals surface area (Å²) in [6.07, 6.45) is 4.75. The molecule has 1 aromatic carbocycles. The summed E-state index contributed by atoms with van der Waals surface area (Å²) in [5, 5.41) is 4.78. The van der Waals surface area contributed by atoms with Crippen LogP contribution in [0.2, 0.25) is 0 Å². The zero-order valence-electron chi connectivity index (χ0n) is 12.3. The van der Waals surface area contributed by atoms with E-state index >= 15 is 0 Å². The Labute approximate surface area is 130 Å². The highest BCUT2D eigenvalue weighted by Crippen LogP contribution is 2.19. The van der Waals surface area contributed by atoms with Crippen LogP contribution >= 0.6 is 11.3 Å². The van der Waals surface area contributed by atoms with E-state index in [0.717, 1.165) is 24.5 Å². The van der Waals surface area contributed by atoms with Crippen LogP contribution in [0.4, 0.5) is 5.69 Å². The van der Waals surface area contributed by atoms with E-state index in [-0.39, 0.29) is 5.91 Å². The Morgan fingerprint density at radius 1 is 1.19 bits per heavy atom. The molecule has 2 aromatic rings. The Hall–Kier alpha value is -1.81. The molecule has 0 aliphatic rings. The normalized spacial score (nSPS) is 10.3. The summed E-state index contributed by atoms with van der Waals surface area (Å²) in [6, 6.07) is 11.2. The first-order chi connectivity index (χ1) is 10.3. The van der Waals surface area contributed by atoms with Crippen LogP contribution in [-0.2, 0) is 0 Å². The van der Waals surface area contributed by atoms with Gasteiger partial charge in [0.1, 0.15) is 5.75 Å². The first-order valence-electron chi connectivity index (χ1n) is 7.37. The number of hydrogen-bond acceptors (Lipinski definition) is 3. The lowest BCUT2D eigenvalue weighted by atomic mass is 10.2. The molecule has 0 radical (unpaired) electrons. The van der Waals surface area contributed by atoms with Crippen LogP contribution in [0.3, 0.4) is 0 Å². The molecular weight excluding hydrogens is 282 g/mol. The molecule has 112 valence electrons. The van der Waals surface area contributed by atoms with Gasteiger partial charge in [0.2, 0.25) is 0 Å². The molecule has 0 fully saturated rings. The Balaban J connectivity index is 1.84. The molecule has 1 heterocycles. The summed E-state index contributed by atoms with van der Waals surface area (Å²) in [7, 11) is 0. The van der Waals surface area contributed by atoms with Gasteiger partial charge < -0.3 is 10.1 Å². The Kier molecular flexibility index (Phi) is 6.28. The Morgan fingerprint density at radius 3 is 2.86 bits per heavy atom. The Morgan fingerprint density at radius 2 is 2.10 bits per heavy atom. The summed E-state index contributed by atoms with van der Waals surface area (Å²) in [5.74, 6) is 0.723. The van der Waals surface area contributed by atoms with Crippen molar-refractivity contribution in [1.82, 2.24) is 0 Å². The third-order valence-electron chi connectivity index (χ3n) is 3.10. The van der Waals surface area contributed by atoms with E-state index < -0.39 is 0 Å². The molecule has 0 saturated carbocycles. The van der Waals surface area contributed by atoms with Gasteiger partial charge in [0, 0.05) is 11.8 Å². The van der Waals surface area contributed by atoms with Gasteiger partial charge in [0.05, 0.1) is 11.5 Å². The lowest BCUT2D eigenvalue weighted by Gasteiger charge is -2.08. The maximum Gasteiger partial charge on any atom is 0.265 e. The molecule has 0 aliphatic carbocycles. The summed E-state index contributed by atoms with van der Waals surface area (Å²) in [4.78, 5) is 12.7. The van der Waals surface area contributed by atoms with Crippen LogP contribution in [0.25, 0.3) is 0 Å². The summed E-state index contributed by atoms with van der Waals surface area (Å²) in [5.41, 5.74) is 0.763. The first kappa shape index (κ1) is 15.6. The number of rotatable bonds is 8. The molecule has 3 nitrogen and oxygen atoms in total. The monoisotopic (exact) mass is 303 g/mol. The predicted molar refractivity (Wildman–Crippen MR) is 88.4 cm³/mol. The van der Waals surface area contributed by atoms with Crippen molar-refractivity contribution in [1.29, 1.82) is 0 Å². The van der Waals surface area contributed by atoms with Gasteiger partial charge in [-0.2, -0.15) is 0 Å². The van der Waals surface area contributed by atoms with Crippen molar-refractivity contribution in [3.63, 3.8) is 0 Å². The number of unbranched alkanes of at least 4 members (excludes halogenated alkanes) is 3. The van der Waals surface area contributed by atoms with Gasteiger partial charge in [0.15, 0.2) is 0 Å². The van der Waals surface area contributed by atoms with Crippen LogP contribution in [0, 0.1) is 0 Å². The first-order valence-corrected chi connectivity index (χ1v) is 8.25. The zero-order chi connectivity index (χ0) is 14.9. The molecule has 21 heavy (non-hydrogen) atoms.